The molecule has 1 nitrogen and oxygen atoms in total. The largest absolute Gasteiger partial charge is 0.272 e. The van der Waals surface area contributed by atoms with E-state index in [9.17, 15) is 0 Å². The van der Waals surface area contributed by atoms with Crippen LogP contribution >= 0.6 is 8.73 Å². The van der Waals surface area contributed by atoms with Crippen LogP contribution in [0.2, 0.25) is 0 Å². The molecule has 1 fully saturated rings. The van der Waals surface area contributed by atoms with Crippen molar-refractivity contribution in [1.29, 1.82) is 0 Å². The maximum absolute atomic E-state index is 2.67. The fourth-order valence-corrected chi connectivity index (χ4v) is 3.78. The molecule has 6 unspecified atom stereocenters. The van der Waals surface area contributed by atoms with Crippen molar-refractivity contribution in [1.82, 2.24) is 4.67 Å². The lowest BCUT2D eigenvalue weighted by Gasteiger charge is -2.07. The van der Waals surface area contributed by atoms with Crippen LogP contribution in [0.5, 0.6) is 0 Å². The molecule has 1 saturated heterocycles. The summed E-state index contributed by atoms with van der Waals surface area (Å²) in [7, 11) is 0.999. The van der Waals surface area contributed by atoms with Gasteiger partial charge in [0.25, 0.3) is 0 Å². The summed E-state index contributed by atoms with van der Waals surface area (Å²) in [4.78, 5) is 0. The van der Waals surface area contributed by atoms with Gasteiger partial charge in [0.15, 0.2) is 0 Å². The second kappa shape index (κ2) is 3.37. The van der Waals surface area contributed by atoms with Crippen LogP contribution in [0.15, 0.2) is 11.4 Å². The molecule has 0 bridgehead atoms. The fraction of sp³-hybridized carbons (Fsp3) is 0.818. The fourth-order valence-electron chi connectivity index (χ4n) is 2.05. The molecule has 0 amide bonds. The summed E-state index contributed by atoms with van der Waals surface area (Å²) < 4.78 is 2.67. The summed E-state index contributed by atoms with van der Waals surface area (Å²) in [6, 6.07) is 1.74. The van der Waals surface area contributed by atoms with Gasteiger partial charge >= 0.3 is 0 Å². The normalized spacial score (nSPS) is 45.1. The molecular formula is C11H20NP. The average Bonchev–Trinajstić information content (AvgIpc) is 2.95. The quantitative estimate of drug-likeness (QED) is 0.494. The maximum Gasteiger partial charge on any atom is 0.0320 e. The molecule has 13 heavy (non-hydrogen) atoms. The molecule has 2 heteroatoms. The minimum atomic E-state index is 0.823. The molecule has 1 aliphatic carbocycles. The second-order valence-electron chi connectivity index (χ2n) is 4.55. The molecule has 6 atom stereocenters. The third kappa shape index (κ3) is 1.82. The van der Waals surface area contributed by atoms with E-state index in [-0.39, 0.29) is 0 Å². The van der Waals surface area contributed by atoms with Gasteiger partial charge in [0.2, 0.25) is 0 Å². The van der Waals surface area contributed by atoms with Crippen molar-refractivity contribution in [2.45, 2.75) is 46.2 Å². The molecule has 0 spiro atoms. The molecule has 0 aromatic carbocycles. The van der Waals surface area contributed by atoms with Crippen LogP contribution in [0.3, 0.4) is 0 Å². The van der Waals surface area contributed by atoms with Gasteiger partial charge in [-0.15, -0.1) is 0 Å². The van der Waals surface area contributed by atoms with Gasteiger partial charge in [0, 0.05) is 18.0 Å². The third-order valence-corrected chi connectivity index (χ3v) is 5.30. The predicted octanol–water partition coefficient (Wildman–Crippen LogP) is 3.23. The van der Waals surface area contributed by atoms with Gasteiger partial charge in [0.05, 0.1) is 0 Å². The van der Waals surface area contributed by atoms with E-state index >= 15 is 0 Å². The van der Waals surface area contributed by atoms with Crippen molar-refractivity contribution in [3.8, 4) is 0 Å². The first kappa shape index (κ1) is 9.68. The van der Waals surface area contributed by atoms with Crippen LogP contribution in [0.25, 0.3) is 0 Å². The molecule has 1 aliphatic heterocycles. The molecule has 0 radical (unpaired) electrons. The summed E-state index contributed by atoms with van der Waals surface area (Å²) in [6.07, 6.45) is 3.72. The van der Waals surface area contributed by atoms with Gasteiger partial charge in [-0.25, -0.2) is 0 Å². The first-order chi connectivity index (χ1) is 6.15. The zero-order valence-electron chi connectivity index (χ0n) is 9.04. The maximum atomic E-state index is 2.67. The van der Waals surface area contributed by atoms with E-state index < -0.39 is 0 Å². The number of allylic oxidation sites excluding steroid dienone is 2. The van der Waals surface area contributed by atoms with E-state index in [4.69, 9.17) is 0 Å². The van der Waals surface area contributed by atoms with Crippen molar-refractivity contribution < 1.29 is 0 Å². The number of hydrogen-bond acceptors (Lipinski definition) is 1. The molecular weight excluding hydrogens is 177 g/mol. The van der Waals surface area contributed by atoms with Crippen molar-refractivity contribution in [3.63, 3.8) is 0 Å². The number of nitrogens with zero attached hydrogens (tertiary/aromatic N) is 1. The molecule has 0 aromatic rings. The van der Waals surface area contributed by atoms with E-state index in [0.717, 1.165) is 32.7 Å². The highest BCUT2D eigenvalue weighted by Crippen LogP contribution is 2.54. The van der Waals surface area contributed by atoms with E-state index in [1.807, 2.05) is 0 Å². The topological polar surface area (TPSA) is 3.01 Å². The van der Waals surface area contributed by atoms with Gasteiger partial charge in [0.1, 0.15) is 0 Å². The Morgan fingerprint density at radius 3 is 2.62 bits per heavy atom. The van der Waals surface area contributed by atoms with E-state index in [2.05, 4.69) is 38.4 Å². The molecule has 1 heterocycles. The number of hydrogen-bond donors (Lipinski definition) is 0. The first-order valence-electron chi connectivity index (χ1n) is 5.41. The molecule has 0 N–H and O–H groups in total. The van der Waals surface area contributed by atoms with E-state index in [1.165, 1.54) is 6.42 Å². The molecule has 0 saturated carbocycles. The Labute approximate surface area is 83.4 Å². The van der Waals surface area contributed by atoms with Crippen LogP contribution in [-0.2, 0) is 0 Å². The van der Waals surface area contributed by atoms with Gasteiger partial charge in [-0.3, -0.25) is 4.67 Å². The lowest BCUT2D eigenvalue weighted by Crippen LogP contribution is -2.05. The zero-order chi connectivity index (χ0) is 9.59. The van der Waals surface area contributed by atoms with Crippen molar-refractivity contribution in [2.24, 2.45) is 11.8 Å². The van der Waals surface area contributed by atoms with Crippen molar-refractivity contribution >= 4 is 8.73 Å². The standard InChI is InChI=1S/C11H20NP/c1-5-7(2)11-9(4)12(11)13-10-6-8(10)3/h6-9,11,13H,5H2,1-4H3. The van der Waals surface area contributed by atoms with E-state index in [0.29, 0.717) is 0 Å². The van der Waals surface area contributed by atoms with Crippen molar-refractivity contribution in [2.75, 3.05) is 0 Å². The van der Waals surface area contributed by atoms with Crippen molar-refractivity contribution in [3.05, 3.63) is 11.4 Å². The predicted molar refractivity (Wildman–Crippen MR) is 60.1 cm³/mol. The highest BCUT2D eigenvalue weighted by molar-refractivity contribution is 7.41. The Hall–Kier alpha value is 0.130. The summed E-state index contributed by atoms with van der Waals surface area (Å²) >= 11 is 0. The minimum Gasteiger partial charge on any atom is -0.272 e. The van der Waals surface area contributed by atoms with Crippen LogP contribution in [-0.4, -0.2) is 16.8 Å². The van der Waals surface area contributed by atoms with Crippen LogP contribution in [0.4, 0.5) is 0 Å². The molecule has 2 rings (SSSR count). The Morgan fingerprint density at radius 2 is 2.15 bits per heavy atom. The lowest BCUT2D eigenvalue weighted by molar-refractivity contribution is 0.512. The lowest BCUT2D eigenvalue weighted by atomic mass is 10.0. The first-order valence-corrected chi connectivity index (χ1v) is 6.36. The summed E-state index contributed by atoms with van der Waals surface area (Å²) in [6.45, 7) is 9.36. The molecule has 0 aromatic heterocycles. The van der Waals surface area contributed by atoms with Gasteiger partial charge in [-0.1, -0.05) is 33.3 Å². The number of rotatable bonds is 4. The van der Waals surface area contributed by atoms with Crippen LogP contribution in [0.1, 0.15) is 34.1 Å². The van der Waals surface area contributed by atoms with Crippen LogP contribution in [0, 0.1) is 11.8 Å². The van der Waals surface area contributed by atoms with Gasteiger partial charge in [-0.05, 0) is 26.9 Å². The Bertz CT molecular complexity index is 236. The van der Waals surface area contributed by atoms with E-state index in [1.54, 1.807) is 5.31 Å². The zero-order valence-corrected chi connectivity index (χ0v) is 10.0. The third-order valence-electron chi connectivity index (χ3n) is 3.46. The van der Waals surface area contributed by atoms with Gasteiger partial charge in [-0.2, -0.15) is 0 Å². The second-order valence-corrected chi connectivity index (χ2v) is 5.86. The smallest absolute Gasteiger partial charge is 0.0320 e. The van der Waals surface area contributed by atoms with Crippen LogP contribution < -0.4 is 0 Å². The highest BCUT2D eigenvalue weighted by Gasteiger charge is 2.47. The molecule has 2 aliphatic rings. The Balaban J connectivity index is 1.80. The Morgan fingerprint density at radius 1 is 1.54 bits per heavy atom. The summed E-state index contributed by atoms with van der Waals surface area (Å²) in [5, 5.41) is 1.69. The van der Waals surface area contributed by atoms with Gasteiger partial charge < -0.3 is 0 Å². The minimum absolute atomic E-state index is 0.823. The Kier molecular flexibility index (Phi) is 2.51. The average molecular weight is 197 g/mol. The SMILES string of the molecule is CCC(C)C1C(C)N1PC1=CC1C. The summed E-state index contributed by atoms with van der Waals surface area (Å²) in [5.74, 6) is 1.71. The highest BCUT2D eigenvalue weighted by atomic mass is 31.1. The monoisotopic (exact) mass is 197 g/mol. The molecule has 74 valence electrons. The summed E-state index contributed by atoms with van der Waals surface area (Å²) in [5.41, 5.74) is 0.